The SMILES string of the molecule is Cc1ccccc1C(=O)Nc1ccc([C@H]2SCC(=O)N2c2cccc(F)c2)cc1. The number of amides is 2. The molecule has 4 nitrogen and oxygen atoms in total. The van der Waals surface area contributed by atoms with E-state index in [1.807, 2.05) is 49.4 Å². The lowest BCUT2D eigenvalue weighted by atomic mass is 10.1. The summed E-state index contributed by atoms with van der Waals surface area (Å²) < 4.78 is 13.6. The van der Waals surface area contributed by atoms with Crippen molar-refractivity contribution in [1.82, 2.24) is 0 Å². The maximum atomic E-state index is 13.6. The number of hydrogen-bond acceptors (Lipinski definition) is 3. The van der Waals surface area contributed by atoms with E-state index < -0.39 is 0 Å². The Morgan fingerprint density at radius 2 is 1.83 bits per heavy atom. The maximum absolute atomic E-state index is 13.6. The Labute approximate surface area is 172 Å². The molecule has 1 aliphatic rings. The molecule has 29 heavy (non-hydrogen) atoms. The van der Waals surface area contributed by atoms with E-state index in [1.54, 1.807) is 23.1 Å². The van der Waals surface area contributed by atoms with Gasteiger partial charge in [-0.1, -0.05) is 36.4 Å². The van der Waals surface area contributed by atoms with Gasteiger partial charge in [-0.3, -0.25) is 14.5 Å². The van der Waals surface area contributed by atoms with Crippen molar-refractivity contribution in [3.63, 3.8) is 0 Å². The summed E-state index contributed by atoms with van der Waals surface area (Å²) in [4.78, 5) is 26.5. The molecule has 0 aromatic heterocycles. The number of aryl methyl sites for hydroxylation is 1. The van der Waals surface area contributed by atoms with Crippen LogP contribution in [-0.2, 0) is 4.79 Å². The number of thioether (sulfide) groups is 1. The van der Waals surface area contributed by atoms with Crippen molar-refractivity contribution in [3.05, 3.63) is 95.3 Å². The first-order chi connectivity index (χ1) is 14.0. The molecule has 146 valence electrons. The van der Waals surface area contributed by atoms with Crippen LogP contribution in [0.3, 0.4) is 0 Å². The summed E-state index contributed by atoms with van der Waals surface area (Å²) >= 11 is 1.50. The van der Waals surface area contributed by atoms with Crippen LogP contribution in [0.1, 0.15) is 26.9 Å². The minimum atomic E-state index is -0.375. The van der Waals surface area contributed by atoms with Gasteiger partial charge in [-0.25, -0.2) is 4.39 Å². The Morgan fingerprint density at radius 3 is 2.55 bits per heavy atom. The van der Waals surface area contributed by atoms with Crippen LogP contribution in [0.4, 0.5) is 15.8 Å². The number of carbonyl (C=O) groups excluding carboxylic acids is 2. The van der Waals surface area contributed by atoms with E-state index in [9.17, 15) is 14.0 Å². The van der Waals surface area contributed by atoms with Gasteiger partial charge in [-0.2, -0.15) is 0 Å². The number of nitrogens with one attached hydrogen (secondary N) is 1. The van der Waals surface area contributed by atoms with E-state index in [2.05, 4.69) is 5.32 Å². The van der Waals surface area contributed by atoms with Gasteiger partial charge in [-0.15, -0.1) is 11.8 Å². The predicted octanol–water partition coefficient (Wildman–Crippen LogP) is 5.17. The van der Waals surface area contributed by atoms with Crippen LogP contribution in [0.2, 0.25) is 0 Å². The zero-order chi connectivity index (χ0) is 20.4. The van der Waals surface area contributed by atoms with Crippen molar-refractivity contribution >= 4 is 35.0 Å². The molecule has 6 heteroatoms. The van der Waals surface area contributed by atoms with Crippen molar-refractivity contribution < 1.29 is 14.0 Å². The molecular weight excluding hydrogens is 387 g/mol. The molecule has 3 aromatic rings. The normalized spacial score (nSPS) is 16.1. The van der Waals surface area contributed by atoms with Crippen molar-refractivity contribution in [2.75, 3.05) is 16.0 Å². The molecule has 4 rings (SSSR count). The van der Waals surface area contributed by atoms with Crippen LogP contribution in [0, 0.1) is 12.7 Å². The van der Waals surface area contributed by atoms with Gasteiger partial charge >= 0.3 is 0 Å². The zero-order valence-corrected chi connectivity index (χ0v) is 16.6. The molecule has 1 N–H and O–H groups in total. The third-order valence-corrected chi connectivity index (χ3v) is 6.01. The zero-order valence-electron chi connectivity index (χ0n) is 15.8. The van der Waals surface area contributed by atoms with Crippen LogP contribution in [0.15, 0.2) is 72.8 Å². The summed E-state index contributed by atoms with van der Waals surface area (Å²) in [5.41, 5.74) is 3.67. The quantitative estimate of drug-likeness (QED) is 0.651. The molecule has 0 radical (unpaired) electrons. The molecule has 0 unspecified atom stereocenters. The van der Waals surface area contributed by atoms with Gasteiger partial charge in [-0.05, 0) is 54.4 Å². The number of halogens is 1. The number of carbonyl (C=O) groups is 2. The van der Waals surface area contributed by atoms with Gasteiger partial charge in [0.05, 0.1) is 5.75 Å². The monoisotopic (exact) mass is 406 g/mol. The number of benzene rings is 3. The lowest BCUT2D eigenvalue weighted by Crippen LogP contribution is -2.27. The summed E-state index contributed by atoms with van der Waals surface area (Å²) in [6.07, 6.45) is 0. The third kappa shape index (κ3) is 4.03. The second-order valence-electron chi connectivity index (χ2n) is 6.80. The van der Waals surface area contributed by atoms with E-state index in [0.29, 0.717) is 22.7 Å². The van der Waals surface area contributed by atoms with Crippen LogP contribution in [0.25, 0.3) is 0 Å². The second-order valence-corrected chi connectivity index (χ2v) is 7.87. The van der Waals surface area contributed by atoms with Crippen molar-refractivity contribution in [2.24, 2.45) is 0 Å². The highest BCUT2D eigenvalue weighted by Crippen LogP contribution is 2.42. The first-order valence-corrected chi connectivity index (χ1v) is 10.2. The number of hydrogen-bond donors (Lipinski definition) is 1. The molecule has 3 aromatic carbocycles. The summed E-state index contributed by atoms with van der Waals surface area (Å²) in [6.45, 7) is 1.90. The van der Waals surface area contributed by atoms with E-state index in [1.165, 1.54) is 23.9 Å². The Kier molecular flexibility index (Phi) is 5.36. The lowest BCUT2D eigenvalue weighted by Gasteiger charge is -2.24. The molecule has 0 bridgehead atoms. The van der Waals surface area contributed by atoms with Gasteiger partial charge in [0, 0.05) is 16.9 Å². The van der Waals surface area contributed by atoms with Gasteiger partial charge in [0.1, 0.15) is 11.2 Å². The van der Waals surface area contributed by atoms with Crippen LogP contribution in [-0.4, -0.2) is 17.6 Å². The minimum Gasteiger partial charge on any atom is -0.322 e. The number of anilines is 2. The smallest absolute Gasteiger partial charge is 0.255 e. The molecule has 0 spiro atoms. The Balaban J connectivity index is 1.53. The summed E-state index contributed by atoms with van der Waals surface area (Å²) in [5, 5.41) is 2.67. The van der Waals surface area contributed by atoms with E-state index in [-0.39, 0.29) is 23.0 Å². The van der Waals surface area contributed by atoms with Crippen LogP contribution >= 0.6 is 11.8 Å². The van der Waals surface area contributed by atoms with Crippen molar-refractivity contribution in [2.45, 2.75) is 12.3 Å². The average molecular weight is 406 g/mol. The average Bonchev–Trinajstić information content (AvgIpc) is 3.10. The van der Waals surface area contributed by atoms with Crippen LogP contribution < -0.4 is 10.2 Å². The molecule has 1 atom stereocenters. The standard InChI is InChI=1S/C23H19FN2O2S/c1-15-5-2-3-8-20(15)22(28)25-18-11-9-16(10-12-18)23-26(21(27)14-29-23)19-7-4-6-17(24)13-19/h2-13,23H,14H2,1H3,(H,25,28)/t23-/m1/s1. The maximum Gasteiger partial charge on any atom is 0.255 e. The van der Waals surface area contributed by atoms with E-state index >= 15 is 0 Å². The highest BCUT2D eigenvalue weighted by atomic mass is 32.2. The topological polar surface area (TPSA) is 49.4 Å². The summed E-state index contributed by atoms with van der Waals surface area (Å²) in [7, 11) is 0. The molecule has 2 amide bonds. The molecule has 1 fully saturated rings. The Morgan fingerprint density at radius 1 is 1.07 bits per heavy atom. The number of nitrogens with zero attached hydrogens (tertiary/aromatic N) is 1. The molecule has 1 aliphatic heterocycles. The molecule has 1 heterocycles. The highest BCUT2D eigenvalue weighted by molar-refractivity contribution is 8.00. The lowest BCUT2D eigenvalue weighted by molar-refractivity contribution is -0.115. The largest absolute Gasteiger partial charge is 0.322 e. The van der Waals surface area contributed by atoms with Crippen LogP contribution in [0.5, 0.6) is 0 Å². The van der Waals surface area contributed by atoms with Gasteiger partial charge in [0.25, 0.3) is 5.91 Å². The fraction of sp³-hybridized carbons (Fsp3) is 0.130. The van der Waals surface area contributed by atoms with Crippen molar-refractivity contribution in [1.29, 1.82) is 0 Å². The van der Waals surface area contributed by atoms with E-state index in [0.717, 1.165) is 11.1 Å². The molecule has 0 saturated carbocycles. The van der Waals surface area contributed by atoms with Gasteiger partial charge in [0.2, 0.25) is 5.91 Å². The number of rotatable bonds is 4. The fourth-order valence-corrected chi connectivity index (χ4v) is 4.51. The van der Waals surface area contributed by atoms with Crippen molar-refractivity contribution in [3.8, 4) is 0 Å². The molecule has 1 saturated heterocycles. The minimum absolute atomic E-state index is 0.0532. The first kappa shape index (κ1) is 19.2. The fourth-order valence-electron chi connectivity index (χ4n) is 3.33. The highest BCUT2D eigenvalue weighted by Gasteiger charge is 2.34. The van der Waals surface area contributed by atoms with Gasteiger partial charge < -0.3 is 5.32 Å². The Bertz CT molecular complexity index is 1070. The second kappa shape index (κ2) is 8.09. The molecule has 0 aliphatic carbocycles. The molecular formula is C23H19FN2O2S. The third-order valence-electron chi connectivity index (χ3n) is 4.80. The Hall–Kier alpha value is -3.12. The predicted molar refractivity (Wildman–Crippen MR) is 115 cm³/mol. The van der Waals surface area contributed by atoms with Gasteiger partial charge in [0.15, 0.2) is 0 Å². The summed E-state index contributed by atoms with van der Waals surface area (Å²) in [6, 6.07) is 20.9. The first-order valence-electron chi connectivity index (χ1n) is 9.19. The summed E-state index contributed by atoms with van der Waals surface area (Å²) in [5.74, 6) is -0.252. The van der Waals surface area contributed by atoms with E-state index in [4.69, 9.17) is 0 Å².